The van der Waals surface area contributed by atoms with Crippen LogP contribution in [-0.4, -0.2) is 48.6 Å². The molecular weight excluding hydrogens is 168 g/mol. The molecule has 3 heteroatoms. The highest BCUT2D eigenvalue weighted by atomic mass is 32.2. The quantitative estimate of drug-likeness (QED) is 0.709. The summed E-state index contributed by atoms with van der Waals surface area (Å²) in [4.78, 5) is 2.49. The van der Waals surface area contributed by atoms with E-state index in [1.54, 1.807) is 0 Å². The Balaban J connectivity index is 2.18. The van der Waals surface area contributed by atoms with Gasteiger partial charge in [-0.05, 0) is 13.1 Å². The molecule has 0 aromatic rings. The minimum absolute atomic E-state index is 0.726. The van der Waals surface area contributed by atoms with Crippen molar-refractivity contribution in [1.82, 2.24) is 10.2 Å². The third-order valence-electron chi connectivity index (χ3n) is 2.37. The standard InChI is InChI=1S/C9H20N2S/c1-3-11(4-2)7-9-8-12-6-5-10-9/h9-10H,3-8H2,1-2H3. The lowest BCUT2D eigenvalue weighted by Gasteiger charge is -2.28. The van der Waals surface area contributed by atoms with Gasteiger partial charge in [-0.1, -0.05) is 13.8 Å². The smallest absolute Gasteiger partial charge is 0.0285 e. The Hall–Kier alpha value is 0.270. The van der Waals surface area contributed by atoms with E-state index in [9.17, 15) is 0 Å². The van der Waals surface area contributed by atoms with E-state index >= 15 is 0 Å². The fourth-order valence-electron chi connectivity index (χ4n) is 1.53. The highest BCUT2D eigenvalue weighted by Gasteiger charge is 2.14. The zero-order valence-electron chi connectivity index (χ0n) is 8.18. The number of hydrogen-bond donors (Lipinski definition) is 1. The van der Waals surface area contributed by atoms with E-state index in [1.165, 1.54) is 37.7 Å². The molecule has 1 heterocycles. The summed E-state index contributed by atoms with van der Waals surface area (Å²) in [7, 11) is 0. The van der Waals surface area contributed by atoms with Crippen LogP contribution in [0, 0.1) is 0 Å². The molecule has 1 N–H and O–H groups in total. The predicted octanol–water partition coefficient (Wildman–Crippen LogP) is 1.03. The van der Waals surface area contributed by atoms with Crippen molar-refractivity contribution < 1.29 is 0 Å². The van der Waals surface area contributed by atoms with Crippen molar-refractivity contribution in [3.8, 4) is 0 Å². The van der Waals surface area contributed by atoms with Crippen LogP contribution in [0.3, 0.4) is 0 Å². The number of rotatable bonds is 4. The van der Waals surface area contributed by atoms with E-state index in [0.717, 1.165) is 6.04 Å². The Bertz CT molecular complexity index is 109. The zero-order chi connectivity index (χ0) is 8.81. The zero-order valence-corrected chi connectivity index (χ0v) is 8.99. The van der Waals surface area contributed by atoms with Crippen LogP contribution < -0.4 is 5.32 Å². The molecule has 0 aromatic heterocycles. The molecule has 72 valence electrons. The molecular formula is C9H20N2S. The van der Waals surface area contributed by atoms with Crippen LogP contribution in [0.25, 0.3) is 0 Å². The molecule has 0 amide bonds. The van der Waals surface area contributed by atoms with Crippen LogP contribution >= 0.6 is 11.8 Å². The topological polar surface area (TPSA) is 15.3 Å². The van der Waals surface area contributed by atoms with Gasteiger partial charge in [0.05, 0.1) is 0 Å². The molecule has 0 bridgehead atoms. The first kappa shape index (κ1) is 10.4. The maximum absolute atomic E-state index is 3.56. The van der Waals surface area contributed by atoms with Gasteiger partial charge in [-0.2, -0.15) is 11.8 Å². The Morgan fingerprint density at radius 2 is 2.17 bits per heavy atom. The van der Waals surface area contributed by atoms with Crippen molar-refractivity contribution in [2.45, 2.75) is 19.9 Å². The largest absolute Gasteiger partial charge is 0.311 e. The number of nitrogens with zero attached hydrogens (tertiary/aromatic N) is 1. The SMILES string of the molecule is CCN(CC)CC1CSCCN1. The molecule has 0 aliphatic carbocycles. The molecule has 1 fully saturated rings. The van der Waals surface area contributed by atoms with Crippen LogP contribution in [0.5, 0.6) is 0 Å². The summed E-state index contributed by atoms with van der Waals surface area (Å²) in [5.74, 6) is 2.57. The second-order valence-corrected chi connectivity index (χ2v) is 4.36. The van der Waals surface area contributed by atoms with Gasteiger partial charge < -0.3 is 10.2 Å². The van der Waals surface area contributed by atoms with E-state index in [4.69, 9.17) is 0 Å². The average molecular weight is 188 g/mol. The van der Waals surface area contributed by atoms with Gasteiger partial charge in [-0.15, -0.1) is 0 Å². The molecule has 0 aromatic carbocycles. The summed E-state index contributed by atoms with van der Waals surface area (Å²) in [6.45, 7) is 9.24. The van der Waals surface area contributed by atoms with Gasteiger partial charge in [0.15, 0.2) is 0 Å². The molecule has 1 saturated heterocycles. The maximum Gasteiger partial charge on any atom is 0.0285 e. The summed E-state index contributed by atoms with van der Waals surface area (Å²) in [6, 6.07) is 0.726. The summed E-state index contributed by atoms with van der Waals surface area (Å²) < 4.78 is 0. The van der Waals surface area contributed by atoms with Crippen molar-refractivity contribution in [1.29, 1.82) is 0 Å². The molecule has 1 aliphatic rings. The second kappa shape index (κ2) is 5.84. The Morgan fingerprint density at radius 3 is 2.67 bits per heavy atom. The minimum atomic E-state index is 0.726. The van der Waals surface area contributed by atoms with Crippen molar-refractivity contribution >= 4 is 11.8 Å². The Morgan fingerprint density at radius 1 is 1.42 bits per heavy atom. The van der Waals surface area contributed by atoms with Gasteiger partial charge in [-0.3, -0.25) is 0 Å². The van der Waals surface area contributed by atoms with Gasteiger partial charge in [0.1, 0.15) is 0 Å². The normalized spacial score (nSPS) is 24.8. The molecule has 1 aliphatic heterocycles. The molecule has 2 nitrogen and oxygen atoms in total. The predicted molar refractivity (Wildman–Crippen MR) is 56.9 cm³/mol. The monoisotopic (exact) mass is 188 g/mol. The van der Waals surface area contributed by atoms with Gasteiger partial charge in [0.25, 0.3) is 0 Å². The van der Waals surface area contributed by atoms with Gasteiger partial charge in [-0.25, -0.2) is 0 Å². The first-order valence-corrected chi connectivity index (χ1v) is 6.05. The molecule has 0 saturated carbocycles. The lowest BCUT2D eigenvalue weighted by molar-refractivity contribution is 0.273. The minimum Gasteiger partial charge on any atom is -0.311 e. The highest BCUT2D eigenvalue weighted by Crippen LogP contribution is 2.08. The number of nitrogens with one attached hydrogen (secondary N) is 1. The Kier molecular flexibility index (Phi) is 5.04. The fraction of sp³-hybridized carbons (Fsp3) is 1.00. The summed E-state index contributed by atoms with van der Waals surface area (Å²) >= 11 is 2.08. The molecule has 1 unspecified atom stereocenters. The number of thioether (sulfide) groups is 1. The van der Waals surface area contributed by atoms with E-state index < -0.39 is 0 Å². The van der Waals surface area contributed by atoms with E-state index in [-0.39, 0.29) is 0 Å². The fourth-order valence-corrected chi connectivity index (χ4v) is 2.47. The maximum atomic E-state index is 3.56. The van der Waals surface area contributed by atoms with Gasteiger partial charge in [0.2, 0.25) is 0 Å². The van der Waals surface area contributed by atoms with Crippen molar-refractivity contribution in [3.05, 3.63) is 0 Å². The highest BCUT2D eigenvalue weighted by molar-refractivity contribution is 7.99. The van der Waals surface area contributed by atoms with E-state index in [1.807, 2.05) is 0 Å². The van der Waals surface area contributed by atoms with Gasteiger partial charge >= 0.3 is 0 Å². The molecule has 0 spiro atoms. The van der Waals surface area contributed by atoms with Crippen LogP contribution in [0.15, 0.2) is 0 Å². The summed E-state index contributed by atoms with van der Waals surface area (Å²) in [6.07, 6.45) is 0. The number of hydrogen-bond acceptors (Lipinski definition) is 3. The summed E-state index contributed by atoms with van der Waals surface area (Å²) in [5, 5.41) is 3.56. The van der Waals surface area contributed by atoms with Crippen molar-refractivity contribution in [3.63, 3.8) is 0 Å². The van der Waals surface area contributed by atoms with Gasteiger partial charge in [0, 0.05) is 30.6 Å². The first-order chi connectivity index (χ1) is 5.86. The Labute approximate surface area is 80.1 Å². The van der Waals surface area contributed by atoms with E-state index in [2.05, 4.69) is 35.8 Å². The molecule has 1 atom stereocenters. The first-order valence-electron chi connectivity index (χ1n) is 4.90. The number of likely N-dealkylation sites (N-methyl/N-ethyl adjacent to an activating group) is 1. The van der Waals surface area contributed by atoms with Crippen molar-refractivity contribution in [2.24, 2.45) is 0 Å². The van der Waals surface area contributed by atoms with Crippen LogP contribution in [0.2, 0.25) is 0 Å². The average Bonchev–Trinajstić information content (AvgIpc) is 2.16. The molecule has 12 heavy (non-hydrogen) atoms. The third kappa shape index (κ3) is 3.33. The lowest BCUT2D eigenvalue weighted by atomic mass is 10.3. The van der Waals surface area contributed by atoms with Crippen molar-refractivity contribution in [2.75, 3.05) is 37.7 Å². The molecule has 0 radical (unpaired) electrons. The van der Waals surface area contributed by atoms with Crippen LogP contribution in [-0.2, 0) is 0 Å². The van der Waals surface area contributed by atoms with Crippen LogP contribution in [0.4, 0.5) is 0 Å². The third-order valence-corrected chi connectivity index (χ3v) is 3.50. The summed E-state index contributed by atoms with van der Waals surface area (Å²) in [5.41, 5.74) is 0. The van der Waals surface area contributed by atoms with E-state index in [0.29, 0.717) is 0 Å². The second-order valence-electron chi connectivity index (χ2n) is 3.21. The van der Waals surface area contributed by atoms with Crippen LogP contribution in [0.1, 0.15) is 13.8 Å². The lowest BCUT2D eigenvalue weighted by Crippen LogP contribution is -2.45. The molecule has 1 rings (SSSR count).